The maximum Gasteiger partial charge on any atom is 0.241 e. The van der Waals surface area contributed by atoms with Gasteiger partial charge in [0.05, 0.1) is 19.0 Å². The lowest BCUT2D eigenvalue weighted by molar-refractivity contribution is -0.121. The number of hydrogen-bond donors (Lipinski definition) is 1. The molecule has 0 aliphatic heterocycles. The maximum absolute atomic E-state index is 12.7. The quantitative estimate of drug-likeness (QED) is 0.206. The molecule has 5 heteroatoms. The van der Waals surface area contributed by atoms with Crippen molar-refractivity contribution >= 4 is 23.0 Å². The second-order valence-corrected chi connectivity index (χ2v) is 8.44. The average Bonchev–Trinajstić information content (AvgIpc) is 3.27. The SMILES string of the molecule is COc1ccc(C=NNC(=O)CCn2c(-c3ccccc3)c(-c3ccccc3)c3ccccc32)cc1. The van der Waals surface area contributed by atoms with Gasteiger partial charge in [0, 0.05) is 29.4 Å². The van der Waals surface area contributed by atoms with E-state index < -0.39 is 0 Å². The van der Waals surface area contributed by atoms with E-state index >= 15 is 0 Å². The molecule has 178 valence electrons. The van der Waals surface area contributed by atoms with Gasteiger partial charge in [0.2, 0.25) is 5.91 Å². The Hall–Kier alpha value is -4.64. The van der Waals surface area contributed by atoms with Gasteiger partial charge in [-0.15, -0.1) is 0 Å². The van der Waals surface area contributed by atoms with E-state index in [1.54, 1.807) is 13.3 Å². The van der Waals surface area contributed by atoms with Gasteiger partial charge in [-0.3, -0.25) is 4.79 Å². The molecule has 4 aromatic carbocycles. The molecule has 1 heterocycles. The van der Waals surface area contributed by atoms with Crippen molar-refractivity contribution in [3.05, 3.63) is 115 Å². The molecule has 0 atom stereocenters. The molecule has 36 heavy (non-hydrogen) atoms. The number of nitrogens with zero attached hydrogens (tertiary/aromatic N) is 2. The van der Waals surface area contributed by atoms with Gasteiger partial charge < -0.3 is 9.30 Å². The van der Waals surface area contributed by atoms with E-state index in [2.05, 4.69) is 69.7 Å². The van der Waals surface area contributed by atoms with Crippen molar-refractivity contribution in [3.63, 3.8) is 0 Å². The summed E-state index contributed by atoms with van der Waals surface area (Å²) in [6.45, 7) is 0.529. The second-order valence-electron chi connectivity index (χ2n) is 8.44. The fraction of sp³-hybridized carbons (Fsp3) is 0.0968. The summed E-state index contributed by atoms with van der Waals surface area (Å²) in [6, 6.07) is 36.7. The van der Waals surface area contributed by atoms with Crippen LogP contribution < -0.4 is 10.2 Å². The molecule has 0 saturated heterocycles. The fourth-order valence-corrected chi connectivity index (χ4v) is 4.47. The van der Waals surface area contributed by atoms with Crippen LogP contribution in [0.5, 0.6) is 5.75 Å². The number of hydrazone groups is 1. The van der Waals surface area contributed by atoms with Crippen molar-refractivity contribution in [3.8, 4) is 28.1 Å². The number of fused-ring (bicyclic) bond motifs is 1. The highest BCUT2D eigenvalue weighted by molar-refractivity contribution is 6.04. The standard InChI is InChI=1S/C31H27N3O2/c1-36-26-18-16-23(17-19-26)22-32-33-29(35)20-21-34-28-15-9-8-14-27(28)30(24-10-4-2-5-11-24)31(34)25-12-6-3-7-13-25/h2-19,22H,20-21H2,1H3,(H,33,35). The number of methoxy groups -OCH3 is 1. The van der Waals surface area contributed by atoms with Crippen molar-refractivity contribution in [2.75, 3.05) is 7.11 Å². The van der Waals surface area contributed by atoms with Crippen LogP contribution in [0.3, 0.4) is 0 Å². The topological polar surface area (TPSA) is 55.6 Å². The molecule has 0 radical (unpaired) electrons. The average molecular weight is 474 g/mol. The van der Waals surface area contributed by atoms with Gasteiger partial charge in [0.15, 0.2) is 0 Å². The van der Waals surface area contributed by atoms with E-state index in [4.69, 9.17) is 4.74 Å². The number of aromatic nitrogens is 1. The molecule has 0 aliphatic rings. The third-order valence-corrected chi connectivity index (χ3v) is 6.16. The normalized spacial score (nSPS) is 11.1. The van der Waals surface area contributed by atoms with E-state index in [-0.39, 0.29) is 5.91 Å². The summed E-state index contributed by atoms with van der Waals surface area (Å²) >= 11 is 0. The molecule has 0 bridgehead atoms. The van der Waals surface area contributed by atoms with Crippen molar-refractivity contribution in [2.24, 2.45) is 5.10 Å². The molecule has 1 amide bonds. The molecule has 1 N–H and O–H groups in total. The Morgan fingerprint density at radius 3 is 2.17 bits per heavy atom. The number of rotatable bonds is 8. The van der Waals surface area contributed by atoms with Gasteiger partial charge in [-0.1, -0.05) is 78.9 Å². The predicted octanol–water partition coefficient (Wildman–Crippen LogP) is 6.52. The van der Waals surface area contributed by atoms with Crippen molar-refractivity contribution in [1.82, 2.24) is 9.99 Å². The lowest BCUT2D eigenvalue weighted by Crippen LogP contribution is -2.19. The summed E-state index contributed by atoms with van der Waals surface area (Å²) in [5, 5.41) is 5.30. The highest BCUT2D eigenvalue weighted by Gasteiger charge is 2.20. The lowest BCUT2D eigenvalue weighted by atomic mass is 9.98. The summed E-state index contributed by atoms with van der Waals surface area (Å²) in [6.07, 6.45) is 1.93. The van der Waals surface area contributed by atoms with Crippen molar-refractivity contribution in [1.29, 1.82) is 0 Å². The van der Waals surface area contributed by atoms with Crippen LogP contribution in [0.25, 0.3) is 33.3 Å². The third kappa shape index (κ3) is 4.91. The second kappa shape index (κ2) is 10.7. The number of benzene rings is 4. The fourth-order valence-electron chi connectivity index (χ4n) is 4.47. The minimum absolute atomic E-state index is 0.141. The van der Waals surface area contributed by atoms with E-state index in [0.717, 1.165) is 33.7 Å². The van der Waals surface area contributed by atoms with Crippen LogP contribution in [0.2, 0.25) is 0 Å². The van der Waals surface area contributed by atoms with Gasteiger partial charge in [0.1, 0.15) is 5.75 Å². The summed E-state index contributed by atoms with van der Waals surface area (Å²) < 4.78 is 7.42. The Bertz CT molecular complexity index is 1490. The first-order chi connectivity index (χ1) is 17.7. The van der Waals surface area contributed by atoms with E-state index in [1.807, 2.05) is 54.6 Å². The van der Waals surface area contributed by atoms with Crippen molar-refractivity contribution in [2.45, 2.75) is 13.0 Å². The van der Waals surface area contributed by atoms with E-state index in [0.29, 0.717) is 13.0 Å². The summed E-state index contributed by atoms with van der Waals surface area (Å²) in [5.74, 6) is 0.636. The van der Waals surface area contributed by atoms with Crippen LogP contribution in [0, 0.1) is 0 Å². The third-order valence-electron chi connectivity index (χ3n) is 6.16. The van der Waals surface area contributed by atoms with Crippen LogP contribution in [0.1, 0.15) is 12.0 Å². The first-order valence-electron chi connectivity index (χ1n) is 11.9. The minimum Gasteiger partial charge on any atom is -0.497 e. The Kier molecular flexibility index (Phi) is 6.90. The molecule has 0 fully saturated rings. The molecule has 0 spiro atoms. The first kappa shape index (κ1) is 23.1. The molecule has 5 rings (SSSR count). The summed E-state index contributed by atoms with van der Waals surface area (Å²) in [7, 11) is 1.63. The van der Waals surface area contributed by atoms with Crippen LogP contribution in [-0.4, -0.2) is 23.8 Å². The minimum atomic E-state index is -0.141. The molecular formula is C31H27N3O2. The van der Waals surface area contributed by atoms with Crippen LogP contribution in [0.4, 0.5) is 0 Å². The predicted molar refractivity (Wildman–Crippen MR) is 146 cm³/mol. The smallest absolute Gasteiger partial charge is 0.241 e. The van der Waals surface area contributed by atoms with Gasteiger partial charge in [-0.05, 0) is 47.0 Å². The van der Waals surface area contributed by atoms with Gasteiger partial charge in [-0.2, -0.15) is 5.10 Å². The van der Waals surface area contributed by atoms with Crippen LogP contribution in [0.15, 0.2) is 114 Å². The number of ether oxygens (including phenoxy) is 1. The Labute approximate surface area is 210 Å². The maximum atomic E-state index is 12.7. The number of carbonyl (C=O) groups excluding carboxylic acids is 1. The number of hydrogen-bond acceptors (Lipinski definition) is 3. The zero-order valence-corrected chi connectivity index (χ0v) is 20.1. The Morgan fingerprint density at radius 2 is 1.47 bits per heavy atom. The largest absolute Gasteiger partial charge is 0.497 e. The highest BCUT2D eigenvalue weighted by Crippen LogP contribution is 2.40. The van der Waals surface area contributed by atoms with Gasteiger partial charge >= 0.3 is 0 Å². The van der Waals surface area contributed by atoms with Gasteiger partial charge in [0.25, 0.3) is 0 Å². The number of para-hydroxylation sites is 1. The molecule has 0 unspecified atom stereocenters. The molecule has 1 aromatic heterocycles. The van der Waals surface area contributed by atoms with Gasteiger partial charge in [-0.25, -0.2) is 5.43 Å². The monoisotopic (exact) mass is 473 g/mol. The van der Waals surface area contributed by atoms with E-state index in [1.165, 1.54) is 10.9 Å². The summed E-state index contributed by atoms with van der Waals surface area (Å²) in [4.78, 5) is 12.7. The van der Waals surface area contributed by atoms with E-state index in [9.17, 15) is 4.79 Å². The first-order valence-corrected chi connectivity index (χ1v) is 11.9. The molecule has 0 aliphatic carbocycles. The zero-order chi connectivity index (χ0) is 24.7. The number of carbonyl (C=O) groups is 1. The Balaban J connectivity index is 1.44. The highest BCUT2D eigenvalue weighted by atomic mass is 16.5. The lowest BCUT2D eigenvalue weighted by Gasteiger charge is -2.13. The Morgan fingerprint density at radius 1 is 0.833 bits per heavy atom. The number of aryl methyl sites for hydroxylation is 1. The van der Waals surface area contributed by atoms with Crippen molar-refractivity contribution < 1.29 is 9.53 Å². The molecule has 5 aromatic rings. The zero-order valence-electron chi connectivity index (χ0n) is 20.1. The van der Waals surface area contributed by atoms with Crippen LogP contribution >= 0.6 is 0 Å². The molecule has 5 nitrogen and oxygen atoms in total. The number of nitrogens with one attached hydrogen (secondary N) is 1. The summed E-state index contributed by atoms with van der Waals surface area (Å²) in [5.41, 5.74) is 9.20. The van der Waals surface area contributed by atoms with Crippen LogP contribution in [-0.2, 0) is 11.3 Å². The molecule has 0 saturated carbocycles. The number of amides is 1. The molecular weight excluding hydrogens is 446 g/mol.